The number of thiophene rings is 1. The molecule has 10 aromatic rings. The van der Waals surface area contributed by atoms with Gasteiger partial charge in [-0.2, -0.15) is 0 Å². The monoisotopic (exact) mass is 676 g/mol. The minimum absolute atomic E-state index is 0.696. The van der Waals surface area contributed by atoms with Crippen molar-refractivity contribution in [3.05, 3.63) is 181 Å². The molecule has 50 heavy (non-hydrogen) atoms. The molecule has 2 aromatic heterocycles. The van der Waals surface area contributed by atoms with Crippen molar-refractivity contribution in [1.82, 2.24) is 4.57 Å². The van der Waals surface area contributed by atoms with Crippen LogP contribution in [0.25, 0.3) is 69.6 Å². The number of hydrogen-bond acceptors (Lipinski definition) is 2. The van der Waals surface area contributed by atoms with Gasteiger partial charge in [0.05, 0.1) is 11.0 Å². The normalized spacial score (nSPS) is 11.7. The molecule has 0 aliphatic carbocycles. The van der Waals surface area contributed by atoms with Gasteiger partial charge in [-0.3, -0.25) is 0 Å². The van der Waals surface area contributed by atoms with Gasteiger partial charge in [-0.1, -0.05) is 121 Å². The van der Waals surface area contributed by atoms with Gasteiger partial charge in [0.25, 0.3) is 0 Å². The Bertz CT molecular complexity index is 2830. The molecule has 4 heteroatoms. The van der Waals surface area contributed by atoms with E-state index in [9.17, 15) is 0 Å². The first-order valence-corrected chi connectivity index (χ1v) is 18.0. The topological polar surface area (TPSA) is 8.17 Å². The van der Waals surface area contributed by atoms with Gasteiger partial charge in [0.2, 0.25) is 0 Å². The summed E-state index contributed by atoms with van der Waals surface area (Å²) in [5.41, 5.74) is 9.04. The first kappa shape index (κ1) is 29.1. The number of halogens is 1. The minimum Gasteiger partial charge on any atom is -0.310 e. The number of hydrogen-bond donors (Lipinski definition) is 0. The van der Waals surface area contributed by atoms with Gasteiger partial charge in [0, 0.05) is 69.7 Å². The molecule has 0 saturated heterocycles. The molecule has 2 nitrogen and oxygen atoms in total. The van der Waals surface area contributed by atoms with E-state index in [0.717, 1.165) is 28.3 Å². The summed E-state index contributed by atoms with van der Waals surface area (Å²) >= 11 is 8.94. The summed E-state index contributed by atoms with van der Waals surface area (Å²) in [6.45, 7) is 0. The molecule has 2 heterocycles. The highest BCUT2D eigenvalue weighted by Crippen LogP contribution is 2.49. The van der Waals surface area contributed by atoms with Gasteiger partial charge in [-0.05, 0) is 77.7 Å². The Kier molecular flexibility index (Phi) is 6.76. The molecule has 236 valence electrons. The minimum atomic E-state index is 0.696. The molecule has 10 rings (SSSR count). The summed E-state index contributed by atoms with van der Waals surface area (Å²) in [7, 11) is 0. The average molecular weight is 677 g/mol. The van der Waals surface area contributed by atoms with Crippen molar-refractivity contribution in [2.24, 2.45) is 0 Å². The van der Waals surface area contributed by atoms with Gasteiger partial charge in [0.15, 0.2) is 0 Å². The van der Waals surface area contributed by atoms with E-state index in [0.29, 0.717) is 5.02 Å². The summed E-state index contributed by atoms with van der Waals surface area (Å²) in [4.78, 5) is 2.28. The summed E-state index contributed by atoms with van der Waals surface area (Å²) in [6.07, 6.45) is 0. The standard InChI is InChI=1S/C46H29ClN2S/c47-32-26-31(27-36(28-32)48(33-15-4-1-5-16-33)34-17-6-2-7-18-34)40-29-41-38-25-24-30-14-10-11-21-37(30)44(38)49(35-19-8-3-9-20-35)45(41)43-39-22-12-13-23-42(39)50-46(40)43/h1-29H. The zero-order valence-electron chi connectivity index (χ0n) is 26.9. The molecule has 0 aliphatic rings. The Morgan fingerprint density at radius 2 is 1.12 bits per heavy atom. The van der Waals surface area contributed by atoms with E-state index >= 15 is 0 Å². The van der Waals surface area contributed by atoms with Crippen molar-refractivity contribution in [1.29, 1.82) is 0 Å². The molecule has 0 radical (unpaired) electrons. The number of rotatable bonds is 5. The van der Waals surface area contributed by atoms with Gasteiger partial charge in [-0.15, -0.1) is 11.3 Å². The van der Waals surface area contributed by atoms with Crippen LogP contribution in [0.15, 0.2) is 176 Å². The van der Waals surface area contributed by atoms with Crippen LogP contribution in [-0.2, 0) is 0 Å². The van der Waals surface area contributed by atoms with Crippen LogP contribution in [-0.4, -0.2) is 4.57 Å². The summed E-state index contributed by atoms with van der Waals surface area (Å²) in [6, 6.07) is 62.8. The van der Waals surface area contributed by atoms with Gasteiger partial charge in [0.1, 0.15) is 0 Å². The van der Waals surface area contributed by atoms with E-state index < -0.39 is 0 Å². The Balaban J connectivity index is 1.34. The predicted molar refractivity (Wildman–Crippen MR) is 216 cm³/mol. The lowest BCUT2D eigenvalue weighted by Gasteiger charge is -2.26. The van der Waals surface area contributed by atoms with Crippen molar-refractivity contribution >= 4 is 92.8 Å². The van der Waals surface area contributed by atoms with Crippen LogP contribution in [0.5, 0.6) is 0 Å². The van der Waals surface area contributed by atoms with E-state index in [2.05, 4.69) is 185 Å². The highest BCUT2D eigenvalue weighted by atomic mass is 35.5. The van der Waals surface area contributed by atoms with Crippen molar-refractivity contribution in [2.75, 3.05) is 4.90 Å². The molecule has 0 unspecified atom stereocenters. The lowest BCUT2D eigenvalue weighted by atomic mass is 9.97. The van der Waals surface area contributed by atoms with Crippen molar-refractivity contribution in [3.63, 3.8) is 0 Å². The molecule has 8 aromatic carbocycles. The molecule has 0 amide bonds. The fourth-order valence-corrected chi connectivity index (χ4v) is 9.13. The molecule has 0 bridgehead atoms. The smallest absolute Gasteiger partial charge is 0.0634 e. The first-order chi connectivity index (χ1) is 24.7. The Morgan fingerprint density at radius 3 is 1.86 bits per heavy atom. The fourth-order valence-electron chi connectivity index (χ4n) is 7.66. The van der Waals surface area contributed by atoms with Crippen molar-refractivity contribution in [2.45, 2.75) is 0 Å². The molecule has 0 fully saturated rings. The summed E-state index contributed by atoms with van der Waals surface area (Å²) in [5.74, 6) is 0. The SMILES string of the molecule is Clc1cc(-c2cc3c4ccc5ccccc5c4n(-c4ccccc4)c3c3c2sc2ccccc23)cc(N(c2ccccc2)c2ccccc2)c1. The van der Waals surface area contributed by atoms with Crippen LogP contribution in [0.4, 0.5) is 17.1 Å². The predicted octanol–water partition coefficient (Wildman–Crippen LogP) is 14.1. The maximum Gasteiger partial charge on any atom is 0.0634 e. The Hall–Kier alpha value is -5.87. The van der Waals surface area contributed by atoms with Crippen molar-refractivity contribution < 1.29 is 0 Å². The van der Waals surface area contributed by atoms with Crippen LogP contribution >= 0.6 is 22.9 Å². The van der Waals surface area contributed by atoms with E-state index in [1.807, 2.05) is 11.3 Å². The summed E-state index contributed by atoms with van der Waals surface area (Å²) in [5, 5.41) is 8.16. The number of aromatic nitrogens is 1. The highest BCUT2D eigenvalue weighted by Gasteiger charge is 2.23. The quantitative estimate of drug-likeness (QED) is 0.176. The number of nitrogens with zero attached hydrogens (tertiary/aromatic N) is 2. The number of para-hydroxylation sites is 3. The molecular formula is C46H29ClN2S. The van der Waals surface area contributed by atoms with E-state index in [1.165, 1.54) is 58.3 Å². The van der Waals surface area contributed by atoms with E-state index in [1.54, 1.807) is 0 Å². The number of benzene rings is 8. The molecular weight excluding hydrogens is 648 g/mol. The zero-order chi connectivity index (χ0) is 33.2. The second-order valence-corrected chi connectivity index (χ2v) is 14.2. The summed E-state index contributed by atoms with van der Waals surface area (Å²) < 4.78 is 5.01. The molecule has 0 N–H and O–H groups in total. The van der Waals surface area contributed by atoms with Gasteiger partial charge < -0.3 is 9.47 Å². The lowest BCUT2D eigenvalue weighted by molar-refractivity contribution is 1.19. The molecule has 0 spiro atoms. The Labute approximate surface area is 298 Å². The number of anilines is 3. The maximum absolute atomic E-state index is 7.08. The third-order valence-corrected chi connectivity index (χ3v) is 11.2. The zero-order valence-corrected chi connectivity index (χ0v) is 28.5. The maximum atomic E-state index is 7.08. The highest BCUT2D eigenvalue weighted by molar-refractivity contribution is 7.26. The lowest BCUT2D eigenvalue weighted by Crippen LogP contribution is -2.09. The van der Waals surface area contributed by atoms with Crippen LogP contribution in [0.1, 0.15) is 0 Å². The average Bonchev–Trinajstić information content (AvgIpc) is 3.72. The third kappa shape index (κ3) is 4.55. The second-order valence-electron chi connectivity index (χ2n) is 12.7. The molecule has 0 atom stereocenters. The Morgan fingerprint density at radius 1 is 0.480 bits per heavy atom. The second kappa shape index (κ2) is 11.6. The first-order valence-electron chi connectivity index (χ1n) is 16.8. The van der Waals surface area contributed by atoms with Crippen LogP contribution in [0.2, 0.25) is 5.02 Å². The van der Waals surface area contributed by atoms with Crippen LogP contribution in [0.3, 0.4) is 0 Å². The largest absolute Gasteiger partial charge is 0.310 e. The van der Waals surface area contributed by atoms with E-state index in [-0.39, 0.29) is 0 Å². The number of fused-ring (bicyclic) bond motifs is 9. The van der Waals surface area contributed by atoms with Gasteiger partial charge >= 0.3 is 0 Å². The molecule has 0 saturated carbocycles. The third-order valence-electron chi connectivity index (χ3n) is 9.75. The fraction of sp³-hybridized carbons (Fsp3) is 0. The van der Waals surface area contributed by atoms with Crippen LogP contribution in [0, 0.1) is 0 Å². The van der Waals surface area contributed by atoms with Gasteiger partial charge in [-0.25, -0.2) is 0 Å². The van der Waals surface area contributed by atoms with Crippen LogP contribution < -0.4 is 4.90 Å². The van der Waals surface area contributed by atoms with Crippen molar-refractivity contribution in [3.8, 4) is 16.8 Å². The molecule has 0 aliphatic heterocycles. The van der Waals surface area contributed by atoms with E-state index in [4.69, 9.17) is 11.6 Å².